The van der Waals surface area contributed by atoms with Crippen LogP contribution < -0.4 is 10.0 Å². The topological polar surface area (TPSA) is 55.4 Å². The van der Waals surface area contributed by atoms with Gasteiger partial charge in [0.05, 0.1) is 18.1 Å². The predicted molar refractivity (Wildman–Crippen MR) is 110 cm³/mol. The van der Waals surface area contributed by atoms with E-state index in [1.54, 1.807) is 25.1 Å². The highest BCUT2D eigenvalue weighted by molar-refractivity contribution is 5.83. The van der Waals surface area contributed by atoms with Crippen LogP contribution in [-0.2, 0) is 10.3 Å². The summed E-state index contributed by atoms with van der Waals surface area (Å²) in [5.74, 6) is 0. The fourth-order valence-electron chi connectivity index (χ4n) is 4.13. The molecule has 142 valence electrons. The lowest BCUT2D eigenvalue weighted by molar-refractivity contribution is -0.105. The van der Waals surface area contributed by atoms with Gasteiger partial charge >= 0.3 is 0 Å². The Balaban J connectivity index is 1.82. The smallest absolute Gasteiger partial charge is 0.200 e. The standard InChI is InChI=1S/C24H19N2O3/c27-16-21-15-26(22-11-13-28-17-22,23-12-14-29-18-23)25-24(21,19-7-3-1-4-8-19)20-9-5-2-6-10-20/h1-18,25H/q+1. The Labute approximate surface area is 168 Å². The molecule has 0 saturated carbocycles. The second kappa shape index (κ2) is 6.74. The van der Waals surface area contributed by atoms with Crippen LogP contribution in [0.25, 0.3) is 0 Å². The summed E-state index contributed by atoms with van der Waals surface area (Å²) in [6.45, 7) is 0. The van der Waals surface area contributed by atoms with Gasteiger partial charge in [-0.3, -0.25) is 4.79 Å². The zero-order valence-electron chi connectivity index (χ0n) is 15.6. The molecule has 0 spiro atoms. The van der Waals surface area contributed by atoms with E-state index in [1.165, 1.54) is 0 Å². The zero-order chi connectivity index (χ0) is 19.7. The Hall–Kier alpha value is -3.67. The molecule has 0 aliphatic carbocycles. The molecule has 4 aromatic rings. The molecule has 0 atom stereocenters. The number of furan rings is 2. The number of carbonyl (C=O) groups excluding carboxylic acids is 1. The van der Waals surface area contributed by atoms with Gasteiger partial charge < -0.3 is 8.83 Å². The first-order chi connectivity index (χ1) is 14.3. The summed E-state index contributed by atoms with van der Waals surface area (Å²) in [6, 6.07) is 23.7. The van der Waals surface area contributed by atoms with Gasteiger partial charge in [-0.15, -0.1) is 10.0 Å². The summed E-state index contributed by atoms with van der Waals surface area (Å²) in [6.07, 6.45) is 9.43. The molecule has 5 nitrogen and oxygen atoms in total. The molecule has 1 aliphatic rings. The average Bonchev–Trinajstić information content (AvgIpc) is 3.55. The number of aldehydes is 1. The van der Waals surface area contributed by atoms with E-state index in [2.05, 4.69) is 5.43 Å². The lowest BCUT2D eigenvalue weighted by Gasteiger charge is -2.36. The maximum Gasteiger partial charge on any atom is 0.200 e. The number of nitrogens with one attached hydrogen (secondary N) is 1. The summed E-state index contributed by atoms with van der Waals surface area (Å²) in [7, 11) is 0. The number of hydrogen-bond donors (Lipinski definition) is 1. The van der Waals surface area contributed by atoms with E-state index >= 15 is 0 Å². The molecule has 0 amide bonds. The molecule has 5 rings (SSSR count). The number of quaternary nitrogens is 1. The van der Waals surface area contributed by atoms with E-state index in [4.69, 9.17) is 8.83 Å². The van der Waals surface area contributed by atoms with Gasteiger partial charge in [-0.2, -0.15) is 0 Å². The summed E-state index contributed by atoms with van der Waals surface area (Å²) in [5.41, 5.74) is 7.11. The molecule has 2 aromatic carbocycles. The third-order valence-electron chi connectivity index (χ3n) is 5.48. The van der Waals surface area contributed by atoms with E-state index in [9.17, 15) is 4.79 Å². The van der Waals surface area contributed by atoms with Crippen molar-refractivity contribution in [3.8, 4) is 0 Å². The minimum Gasteiger partial charge on any atom is -0.466 e. The Kier molecular flexibility index (Phi) is 4.05. The van der Waals surface area contributed by atoms with E-state index < -0.39 is 5.54 Å². The molecule has 2 aromatic heterocycles. The SMILES string of the molecule is O=CC1=C[N+](c2ccoc2)(c2ccoc2)NC1(c1ccccc1)c1ccccc1. The highest BCUT2D eigenvalue weighted by Crippen LogP contribution is 2.48. The van der Waals surface area contributed by atoms with Crippen LogP contribution in [0.2, 0.25) is 0 Å². The largest absolute Gasteiger partial charge is 0.466 e. The number of carbonyl (C=O) groups is 1. The Bertz CT molecular complexity index is 1060. The van der Waals surface area contributed by atoms with E-state index in [-0.39, 0.29) is 4.59 Å². The van der Waals surface area contributed by atoms with E-state index in [0.717, 1.165) is 28.8 Å². The highest BCUT2D eigenvalue weighted by atomic mass is 16.3. The van der Waals surface area contributed by atoms with Crippen LogP contribution in [-0.4, -0.2) is 6.29 Å². The minimum atomic E-state index is -0.848. The van der Waals surface area contributed by atoms with Crippen molar-refractivity contribution in [2.75, 3.05) is 0 Å². The molecule has 0 radical (unpaired) electrons. The molecule has 0 fully saturated rings. The quantitative estimate of drug-likeness (QED) is 0.387. The van der Waals surface area contributed by atoms with E-state index in [0.29, 0.717) is 5.57 Å². The molecule has 1 N–H and O–H groups in total. The second-order valence-electron chi connectivity index (χ2n) is 6.98. The predicted octanol–water partition coefficient (Wildman–Crippen LogP) is 5.06. The first-order valence-corrected chi connectivity index (χ1v) is 9.33. The number of benzene rings is 2. The van der Waals surface area contributed by atoms with Crippen molar-refractivity contribution in [3.05, 3.63) is 121 Å². The first-order valence-electron chi connectivity index (χ1n) is 9.33. The maximum absolute atomic E-state index is 12.4. The molecule has 3 heterocycles. The summed E-state index contributed by atoms with van der Waals surface area (Å²) >= 11 is 0. The molecule has 5 heteroatoms. The fraction of sp³-hybridized carbons (Fsp3) is 0.0417. The first kappa shape index (κ1) is 17.4. The molecule has 0 saturated heterocycles. The lowest BCUT2D eigenvalue weighted by atomic mass is 9.79. The van der Waals surface area contributed by atoms with Crippen molar-refractivity contribution in [2.24, 2.45) is 0 Å². The minimum absolute atomic E-state index is 0.0882. The zero-order valence-corrected chi connectivity index (χ0v) is 15.6. The molecule has 1 aliphatic heterocycles. The van der Waals surface area contributed by atoms with Crippen molar-refractivity contribution < 1.29 is 13.6 Å². The van der Waals surface area contributed by atoms with E-state index in [1.807, 2.05) is 79.0 Å². The molecular formula is C24H19N2O3+. The van der Waals surface area contributed by atoms with Crippen LogP contribution >= 0.6 is 0 Å². The van der Waals surface area contributed by atoms with Crippen molar-refractivity contribution in [3.63, 3.8) is 0 Å². The van der Waals surface area contributed by atoms with Gasteiger partial charge in [0.2, 0.25) is 11.4 Å². The van der Waals surface area contributed by atoms with Gasteiger partial charge in [-0.25, -0.2) is 0 Å². The Morgan fingerprint density at radius 1 is 0.759 bits per heavy atom. The molecule has 0 bridgehead atoms. The Morgan fingerprint density at radius 2 is 1.28 bits per heavy atom. The number of hydrogen-bond acceptors (Lipinski definition) is 4. The third kappa shape index (κ3) is 2.52. The average molecular weight is 383 g/mol. The van der Waals surface area contributed by atoms with Crippen molar-refractivity contribution in [2.45, 2.75) is 5.54 Å². The molecule has 0 unspecified atom stereocenters. The van der Waals surface area contributed by atoms with Gasteiger partial charge in [0, 0.05) is 12.1 Å². The van der Waals surface area contributed by atoms with Gasteiger partial charge in [0.15, 0.2) is 24.4 Å². The van der Waals surface area contributed by atoms with Gasteiger partial charge in [-0.05, 0) is 11.1 Å². The number of rotatable bonds is 5. The normalized spacial score (nSPS) is 17.0. The van der Waals surface area contributed by atoms with Crippen LogP contribution in [0.3, 0.4) is 0 Å². The van der Waals surface area contributed by atoms with Crippen LogP contribution in [0.4, 0.5) is 11.4 Å². The van der Waals surface area contributed by atoms with Crippen LogP contribution in [0.5, 0.6) is 0 Å². The van der Waals surface area contributed by atoms with Crippen molar-refractivity contribution in [1.29, 1.82) is 0 Å². The van der Waals surface area contributed by atoms with Gasteiger partial charge in [0.1, 0.15) is 6.20 Å². The third-order valence-corrected chi connectivity index (χ3v) is 5.48. The molecular weight excluding hydrogens is 364 g/mol. The van der Waals surface area contributed by atoms with Gasteiger partial charge in [-0.1, -0.05) is 60.7 Å². The summed E-state index contributed by atoms with van der Waals surface area (Å²) < 4.78 is 10.9. The lowest BCUT2D eigenvalue weighted by Crippen LogP contribution is -2.56. The van der Waals surface area contributed by atoms with Crippen molar-refractivity contribution >= 4 is 17.7 Å². The van der Waals surface area contributed by atoms with Crippen LogP contribution in [0.15, 0.2) is 118 Å². The Morgan fingerprint density at radius 3 is 1.69 bits per heavy atom. The summed E-state index contributed by atoms with van der Waals surface area (Å²) in [4.78, 5) is 12.4. The highest BCUT2D eigenvalue weighted by Gasteiger charge is 2.55. The van der Waals surface area contributed by atoms with Gasteiger partial charge in [0.25, 0.3) is 0 Å². The number of nitrogens with zero attached hydrogens (tertiary/aromatic N) is 1. The summed E-state index contributed by atoms with van der Waals surface area (Å²) in [5, 5.41) is 0. The van der Waals surface area contributed by atoms with Crippen LogP contribution in [0.1, 0.15) is 11.1 Å². The second-order valence-corrected chi connectivity index (χ2v) is 6.98. The maximum atomic E-state index is 12.4. The monoisotopic (exact) mass is 383 g/mol. The fourth-order valence-corrected chi connectivity index (χ4v) is 4.13. The van der Waals surface area contributed by atoms with Crippen molar-refractivity contribution in [1.82, 2.24) is 10.0 Å². The molecule has 29 heavy (non-hydrogen) atoms. The van der Waals surface area contributed by atoms with Crippen LogP contribution in [0, 0.1) is 0 Å².